The van der Waals surface area contributed by atoms with Gasteiger partial charge in [-0.1, -0.05) is 146 Å². The van der Waals surface area contributed by atoms with Gasteiger partial charge in [0, 0.05) is 36.7 Å². The zero-order valence-electron chi connectivity index (χ0n) is 30.2. The molecule has 0 saturated carbocycles. The maximum absolute atomic E-state index is 6.47. The van der Waals surface area contributed by atoms with Crippen LogP contribution in [-0.2, 0) is 0 Å². The fraction of sp³-hybridized carbons (Fsp3) is 0. The molecule has 0 aliphatic carbocycles. The molecule has 0 amide bonds. The molecule has 0 N–H and O–H groups in total. The lowest BCUT2D eigenvalue weighted by Gasteiger charge is -2.13. The summed E-state index contributed by atoms with van der Waals surface area (Å²) in [6.45, 7) is 0. The van der Waals surface area contributed by atoms with E-state index in [1.54, 1.807) is 11.3 Å². The number of hydrogen-bond donors (Lipinski definition) is 0. The SMILES string of the molecule is c1ccc(-c2cc(-c3ccccc3)cc(-c3cccc(-c4cccc(-c5nc(-c6cccc7sc8ccccc8c67)nc6oc7ccccc7c56)c4)c3)c2)cc1. The van der Waals surface area contributed by atoms with Gasteiger partial charge in [-0.2, -0.15) is 4.98 Å². The predicted molar refractivity (Wildman–Crippen MR) is 235 cm³/mol. The maximum atomic E-state index is 6.47. The number of fused-ring (bicyclic) bond motifs is 6. The van der Waals surface area contributed by atoms with Crippen molar-refractivity contribution in [1.82, 2.24) is 9.97 Å². The first-order valence-corrected chi connectivity index (χ1v) is 19.6. The highest BCUT2D eigenvalue weighted by atomic mass is 32.1. The molecule has 0 saturated heterocycles. The van der Waals surface area contributed by atoms with E-state index in [0.717, 1.165) is 49.9 Å². The first-order chi connectivity index (χ1) is 27.7. The molecule has 56 heavy (non-hydrogen) atoms. The molecule has 0 aliphatic rings. The van der Waals surface area contributed by atoms with E-state index in [1.165, 1.54) is 48.0 Å². The molecule has 0 aliphatic heterocycles. The lowest BCUT2D eigenvalue weighted by molar-refractivity contribution is 0.653. The van der Waals surface area contributed by atoms with Crippen molar-refractivity contribution in [1.29, 1.82) is 0 Å². The highest BCUT2D eigenvalue weighted by Crippen LogP contribution is 2.42. The van der Waals surface area contributed by atoms with E-state index in [1.807, 2.05) is 18.2 Å². The molecule has 0 fully saturated rings. The quantitative estimate of drug-likeness (QED) is 0.171. The van der Waals surface area contributed by atoms with E-state index in [0.29, 0.717) is 11.5 Å². The van der Waals surface area contributed by atoms with Gasteiger partial charge in [-0.15, -0.1) is 11.3 Å². The molecule has 0 atom stereocenters. The number of hydrogen-bond acceptors (Lipinski definition) is 4. The van der Waals surface area contributed by atoms with Crippen LogP contribution in [0.15, 0.2) is 199 Å². The molecule has 4 heteroatoms. The fourth-order valence-electron chi connectivity index (χ4n) is 8.03. The van der Waals surface area contributed by atoms with Crippen LogP contribution in [0.4, 0.5) is 0 Å². The molecule has 3 aromatic heterocycles. The van der Waals surface area contributed by atoms with Crippen molar-refractivity contribution in [3.8, 4) is 67.2 Å². The Labute approximate surface area is 327 Å². The molecule has 0 spiro atoms. The Hall–Kier alpha value is -7.14. The predicted octanol–water partition coefficient (Wildman–Crippen LogP) is 14.7. The molecule has 3 heterocycles. The van der Waals surface area contributed by atoms with Crippen molar-refractivity contribution in [2.45, 2.75) is 0 Å². The Morgan fingerprint density at radius 3 is 1.57 bits per heavy atom. The first kappa shape index (κ1) is 32.3. The molecule has 0 radical (unpaired) electrons. The second-order valence-electron chi connectivity index (χ2n) is 14.1. The Bertz CT molecular complexity index is 3190. The third-order valence-electron chi connectivity index (χ3n) is 10.7. The zero-order valence-corrected chi connectivity index (χ0v) is 31.0. The summed E-state index contributed by atoms with van der Waals surface area (Å²) in [7, 11) is 0. The summed E-state index contributed by atoms with van der Waals surface area (Å²) in [6.07, 6.45) is 0. The summed E-state index contributed by atoms with van der Waals surface area (Å²) in [5.74, 6) is 0.653. The van der Waals surface area contributed by atoms with Gasteiger partial charge in [0.1, 0.15) is 5.58 Å². The minimum absolute atomic E-state index is 0.586. The maximum Gasteiger partial charge on any atom is 0.231 e. The number of furan rings is 1. The highest BCUT2D eigenvalue weighted by molar-refractivity contribution is 7.25. The van der Waals surface area contributed by atoms with Crippen LogP contribution in [-0.4, -0.2) is 9.97 Å². The van der Waals surface area contributed by atoms with Crippen molar-refractivity contribution in [2.75, 3.05) is 0 Å². The van der Waals surface area contributed by atoms with Gasteiger partial charge in [0.05, 0.1) is 11.1 Å². The van der Waals surface area contributed by atoms with Crippen LogP contribution in [0.2, 0.25) is 0 Å². The van der Waals surface area contributed by atoms with Crippen molar-refractivity contribution >= 4 is 53.6 Å². The van der Waals surface area contributed by atoms with Crippen LogP contribution in [0.1, 0.15) is 0 Å². The summed E-state index contributed by atoms with van der Waals surface area (Å²) in [6, 6.07) is 68.9. The van der Waals surface area contributed by atoms with Crippen molar-refractivity contribution in [3.05, 3.63) is 194 Å². The second kappa shape index (κ2) is 13.3. The normalized spacial score (nSPS) is 11.6. The smallest absolute Gasteiger partial charge is 0.231 e. The minimum atomic E-state index is 0.586. The zero-order chi connectivity index (χ0) is 37.0. The number of aromatic nitrogens is 2. The second-order valence-corrected chi connectivity index (χ2v) is 15.2. The molecule has 3 nitrogen and oxygen atoms in total. The van der Waals surface area contributed by atoms with Gasteiger partial charge in [0.2, 0.25) is 5.71 Å². The van der Waals surface area contributed by atoms with Gasteiger partial charge < -0.3 is 4.42 Å². The summed E-state index contributed by atoms with van der Waals surface area (Å²) >= 11 is 1.80. The molecular weight excluding hydrogens is 701 g/mol. The lowest BCUT2D eigenvalue weighted by Crippen LogP contribution is -1.95. The molecule has 8 aromatic carbocycles. The van der Waals surface area contributed by atoms with Crippen LogP contribution < -0.4 is 0 Å². The monoisotopic (exact) mass is 732 g/mol. The molecule has 0 bridgehead atoms. The topological polar surface area (TPSA) is 38.9 Å². The first-order valence-electron chi connectivity index (χ1n) is 18.8. The fourth-order valence-corrected chi connectivity index (χ4v) is 9.16. The number of thiophene rings is 1. The molecular formula is C52H32N2OS. The van der Waals surface area contributed by atoms with E-state index < -0.39 is 0 Å². The Morgan fingerprint density at radius 2 is 0.857 bits per heavy atom. The molecule has 11 rings (SSSR count). The summed E-state index contributed by atoms with van der Waals surface area (Å²) in [4.78, 5) is 10.5. The molecule has 262 valence electrons. The van der Waals surface area contributed by atoms with E-state index in [-0.39, 0.29) is 0 Å². The van der Waals surface area contributed by atoms with E-state index >= 15 is 0 Å². The highest BCUT2D eigenvalue weighted by Gasteiger charge is 2.21. The Morgan fingerprint density at radius 1 is 0.357 bits per heavy atom. The summed E-state index contributed by atoms with van der Waals surface area (Å²) in [5, 5.41) is 4.31. The molecule has 0 unspecified atom stereocenters. The third-order valence-corrected chi connectivity index (χ3v) is 11.8. The summed E-state index contributed by atoms with van der Waals surface area (Å²) in [5.41, 5.74) is 13.6. The van der Waals surface area contributed by atoms with Gasteiger partial charge in [-0.05, 0) is 93.0 Å². The molecule has 11 aromatic rings. The standard InChI is InChI=1S/C52H32N2OS/c1-3-14-33(15-4-1)39-30-40(34-16-5-2-6-17-34)32-41(31-39)37-20-11-18-35(28-37)36-19-12-21-38(29-36)50-49-42-22-7-9-25-45(42)55-52(49)54-51(53-50)44-24-13-27-47-48(44)43-23-8-10-26-46(43)56-47/h1-32H. The van der Waals surface area contributed by atoms with Crippen molar-refractivity contribution < 1.29 is 4.42 Å². The van der Waals surface area contributed by atoms with Crippen LogP contribution in [0.5, 0.6) is 0 Å². The number of rotatable bonds is 6. The van der Waals surface area contributed by atoms with Crippen LogP contribution in [0.3, 0.4) is 0 Å². The van der Waals surface area contributed by atoms with Gasteiger partial charge in [-0.3, -0.25) is 0 Å². The summed E-state index contributed by atoms with van der Waals surface area (Å²) < 4.78 is 8.93. The van der Waals surface area contributed by atoms with E-state index in [9.17, 15) is 0 Å². The lowest BCUT2D eigenvalue weighted by atomic mass is 9.92. The number of nitrogens with zero attached hydrogens (tertiary/aromatic N) is 2. The largest absolute Gasteiger partial charge is 0.438 e. The number of para-hydroxylation sites is 1. The van der Waals surface area contributed by atoms with E-state index in [4.69, 9.17) is 14.4 Å². The van der Waals surface area contributed by atoms with Crippen molar-refractivity contribution in [2.24, 2.45) is 0 Å². The van der Waals surface area contributed by atoms with Gasteiger partial charge >= 0.3 is 0 Å². The third kappa shape index (κ3) is 5.58. The van der Waals surface area contributed by atoms with Crippen LogP contribution in [0, 0.1) is 0 Å². The number of benzene rings is 8. The Kier molecular flexibility index (Phi) is 7.68. The average molecular weight is 733 g/mol. The Balaban J connectivity index is 1.06. The van der Waals surface area contributed by atoms with Crippen molar-refractivity contribution in [3.63, 3.8) is 0 Å². The van der Waals surface area contributed by atoms with Gasteiger partial charge in [0.15, 0.2) is 5.82 Å². The van der Waals surface area contributed by atoms with Crippen LogP contribution >= 0.6 is 11.3 Å². The van der Waals surface area contributed by atoms with Gasteiger partial charge in [0.25, 0.3) is 0 Å². The van der Waals surface area contributed by atoms with Crippen LogP contribution in [0.25, 0.3) is 109 Å². The van der Waals surface area contributed by atoms with Gasteiger partial charge in [-0.25, -0.2) is 4.98 Å². The minimum Gasteiger partial charge on any atom is -0.438 e. The van der Waals surface area contributed by atoms with E-state index in [2.05, 4.69) is 176 Å². The average Bonchev–Trinajstić information content (AvgIpc) is 3.85.